The van der Waals surface area contributed by atoms with E-state index in [-0.39, 0.29) is 0 Å². The topological polar surface area (TPSA) is 67.6 Å². The molecule has 1 heterocycles. The Morgan fingerprint density at radius 2 is 2.06 bits per heavy atom. The first kappa shape index (κ1) is 12.6. The number of hydrogen-bond acceptors (Lipinski definition) is 3. The van der Waals surface area contributed by atoms with Gasteiger partial charge in [0.05, 0.1) is 0 Å². The van der Waals surface area contributed by atoms with E-state index >= 15 is 0 Å². The number of hydrogen-bond donors (Lipinski definition) is 2. The molecule has 0 atom stereocenters. The van der Waals surface area contributed by atoms with Crippen LogP contribution in [0.25, 0.3) is 0 Å². The third-order valence-electron chi connectivity index (χ3n) is 3.87. The van der Waals surface area contributed by atoms with Gasteiger partial charge in [0.15, 0.2) is 5.82 Å². The Morgan fingerprint density at radius 1 is 1.35 bits per heavy atom. The molecule has 0 unspecified atom stereocenters. The van der Waals surface area contributed by atoms with Crippen LogP contribution in [0.3, 0.4) is 0 Å². The molecule has 1 fully saturated rings. The Balaban J connectivity index is 1.92. The zero-order valence-corrected chi connectivity index (χ0v) is 11.0. The third kappa shape index (κ3) is 3.28. The largest absolute Gasteiger partial charge is 0.330 e. The molecule has 0 radical (unpaired) electrons. The van der Waals surface area contributed by atoms with Gasteiger partial charge < -0.3 is 5.73 Å². The molecule has 4 nitrogen and oxygen atoms in total. The first-order valence-electron chi connectivity index (χ1n) is 6.72. The summed E-state index contributed by atoms with van der Waals surface area (Å²) >= 11 is 0. The van der Waals surface area contributed by atoms with Crippen LogP contribution in [0.15, 0.2) is 0 Å². The maximum atomic E-state index is 5.49. The first-order valence-corrected chi connectivity index (χ1v) is 6.72. The van der Waals surface area contributed by atoms with Crippen LogP contribution in [0.2, 0.25) is 0 Å². The Morgan fingerprint density at radius 3 is 2.71 bits per heavy atom. The van der Waals surface area contributed by atoms with Crippen LogP contribution in [0.1, 0.15) is 63.5 Å². The molecular formula is C13H24N4. The van der Waals surface area contributed by atoms with Crippen molar-refractivity contribution in [1.82, 2.24) is 15.2 Å². The fourth-order valence-electron chi connectivity index (χ4n) is 2.53. The average molecular weight is 236 g/mol. The van der Waals surface area contributed by atoms with E-state index in [4.69, 9.17) is 5.73 Å². The van der Waals surface area contributed by atoms with E-state index in [1.165, 1.54) is 25.7 Å². The molecule has 1 aliphatic rings. The molecule has 0 bridgehead atoms. The van der Waals surface area contributed by atoms with Gasteiger partial charge in [-0.2, -0.15) is 5.10 Å². The first-order chi connectivity index (χ1) is 8.11. The lowest BCUT2D eigenvalue weighted by Gasteiger charge is -2.33. The van der Waals surface area contributed by atoms with Gasteiger partial charge in [0.2, 0.25) is 0 Å². The maximum absolute atomic E-state index is 5.49. The van der Waals surface area contributed by atoms with E-state index in [9.17, 15) is 0 Å². The minimum Gasteiger partial charge on any atom is -0.330 e. The van der Waals surface area contributed by atoms with Crippen LogP contribution < -0.4 is 5.73 Å². The second-order valence-corrected chi connectivity index (χ2v) is 5.97. The van der Waals surface area contributed by atoms with Gasteiger partial charge in [0.1, 0.15) is 5.82 Å². The predicted octanol–water partition coefficient (Wildman–Crippen LogP) is 2.38. The lowest BCUT2D eigenvalue weighted by Crippen LogP contribution is -2.20. The van der Waals surface area contributed by atoms with Gasteiger partial charge in [-0.1, -0.05) is 13.8 Å². The monoisotopic (exact) mass is 236 g/mol. The van der Waals surface area contributed by atoms with Gasteiger partial charge in [-0.25, -0.2) is 4.98 Å². The van der Waals surface area contributed by atoms with Crippen LogP contribution in [-0.4, -0.2) is 21.7 Å². The van der Waals surface area contributed by atoms with E-state index in [1.807, 2.05) is 0 Å². The van der Waals surface area contributed by atoms with Crippen LogP contribution in [-0.2, 0) is 6.42 Å². The number of rotatable bonds is 4. The van der Waals surface area contributed by atoms with Crippen LogP contribution in [0, 0.1) is 5.41 Å². The summed E-state index contributed by atoms with van der Waals surface area (Å²) in [5, 5.41) is 7.41. The second kappa shape index (κ2) is 5.17. The minimum atomic E-state index is 0.509. The highest BCUT2D eigenvalue weighted by atomic mass is 15.2. The van der Waals surface area contributed by atoms with Gasteiger partial charge in [0, 0.05) is 12.3 Å². The Labute approximate surface area is 103 Å². The van der Waals surface area contributed by atoms with E-state index in [0.29, 0.717) is 17.9 Å². The van der Waals surface area contributed by atoms with E-state index in [1.54, 1.807) is 0 Å². The van der Waals surface area contributed by atoms with Crippen LogP contribution >= 0.6 is 0 Å². The Hall–Kier alpha value is -0.900. The third-order valence-corrected chi connectivity index (χ3v) is 3.87. The molecule has 1 saturated carbocycles. The maximum Gasteiger partial charge on any atom is 0.153 e. The Bertz CT molecular complexity index is 346. The normalized spacial score (nSPS) is 20.6. The molecule has 4 heteroatoms. The number of nitrogens with zero attached hydrogens (tertiary/aromatic N) is 2. The molecule has 0 spiro atoms. The SMILES string of the molecule is CC1(C)CCC(c2n[nH]c(CCCN)n2)CC1. The lowest BCUT2D eigenvalue weighted by molar-refractivity contribution is 0.221. The molecule has 17 heavy (non-hydrogen) atoms. The van der Waals surface area contributed by atoms with Crippen LogP contribution in [0.4, 0.5) is 0 Å². The quantitative estimate of drug-likeness (QED) is 0.843. The van der Waals surface area contributed by atoms with E-state index in [0.717, 1.165) is 24.5 Å². The summed E-state index contributed by atoms with van der Waals surface area (Å²) in [5.41, 5.74) is 6.00. The van der Waals surface area contributed by atoms with Gasteiger partial charge in [-0.05, 0) is 44.1 Å². The van der Waals surface area contributed by atoms with Crippen molar-refractivity contribution in [1.29, 1.82) is 0 Å². The summed E-state index contributed by atoms with van der Waals surface area (Å²) in [6, 6.07) is 0. The van der Waals surface area contributed by atoms with Crippen molar-refractivity contribution >= 4 is 0 Å². The summed E-state index contributed by atoms with van der Waals surface area (Å²) < 4.78 is 0. The summed E-state index contributed by atoms with van der Waals surface area (Å²) in [4.78, 5) is 4.60. The number of aryl methyl sites for hydroxylation is 1. The molecule has 2 rings (SSSR count). The van der Waals surface area contributed by atoms with Crippen LogP contribution in [0.5, 0.6) is 0 Å². The summed E-state index contributed by atoms with van der Waals surface area (Å²) in [6.45, 7) is 5.43. The highest BCUT2D eigenvalue weighted by Gasteiger charge is 2.29. The number of H-pyrrole nitrogens is 1. The lowest BCUT2D eigenvalue weighted by atomic mass is 9.73. The fourth-order valence-corrected chi connectivity index (χ4v) is 2.53. The average Bonchev–Trinajstić information content (AvgIpc) is 2.75. The zero-order chi connectivity index (χ0) is 12.3. The van der Waals surface area contributed by atoms with Crippen molar-refractivity contribution in [2.45, 2.75) is 58.3 Å². The van der Waals surface area contributed by atoms with Crippen molar-refractivity contribution in [2.24, 2.45) is 11.1 Å². The van der Waals surface area contributed by atoms with Gasteiger partial charge in [0.25, 0.3) is 0 Å². The Kier molecular flexibility index (Phi) is 3.82. The van der Waals surface area contributed by atoms with Crippen molar-refractivity contribution < 1.29 is 0 Å². The second-order valence-electron chi connectivity index (χ2n) is 5.97. The van der Waals surface area contributed by atoms with Crippen molar-refractivity contribution in [3.63, 3.8) is 0 Å². The molecule has 0 aliphatic heterocycles. The number of nitrogens with two attached hydrogens (primary N) is 1. The van der Waals surface area contributed by atoms with Crippen molar-refractivity contribution in [2.75, 3.05) is 6.54 Å². The van der Waals surface area contributed by atoms with Crippen molar-refractivity contribution in [3.8, 4) is 0 Å². The number of aromatic amines is 1. The summed E-state index contributed by atoms with van der Waals surface area (Å²) in [5.74, 6) is 2.58. The highest BCUT2D eigenvalue weighted by Crippen LogP contribution is 2.41. The molecule has 1 aliphatic carbocycles. The standard InChI is InChI=1S/C13H24N4/c1-13(2)7-5-10(6-8-13)12-15-11(16-17-12)4-3-9-14/h10H,3-9,14H2,1-2H3,(H,15,16,17). The fraction of sp³-hybridized carbons (Fsp3) is 0.846. The molecule has 3 N–H and O–H groups in total. The number of aromatic nitrogens is 3. The molecular weight excluding hydrogens is 212 g/mol. The highest BCUT2D eigenvalue weighted by molar-refractivity contribution is 5.00. The van der Waals surface area contributed by atoms with Crippen molar-refractivity contribution in [3.05, 3.63) is 11.6 Å². The summed E-state index contributed by atoms with van der Waals surface area (Å²) in [7, 11) is 0. The van der Waals surface area contributed by atoms with E-state index in [2.05, 4.69) is 29.0 Å². The van der Waals surface area contributed by atoms with Gasteiger partial charge in [-0.15, -0.1) is 0 Å². The zero-order valence-electron chi connectivity index (χ0n) is 11.0. The molecule has 96 valence electrons. The smallest absolute Gasteiger partial charge is 0.153 e. The number of nitrogens with one attached hydrogen (secondary N) is 1. The molecule has 0 aromatic carbocycles. The molecule has 1 aromatic heterocycles. The minimum absolute atomic E-state index is 0.509. The molecule has 1 aromatic rings. The summed E-state index contributed by atoms with van der Waals surface area (Å²) in [6.07, 6.45) is 6.91. The van der Waals surface area contributed by atoms with E-state index < -0.39 is 0 Å². The molecule has 0 saturated heterocycles. The van der Waals surface area contributed by atoms with Gasteiger partial charge >= 0.3 is 0 Å². The van der Waals surface area contributed by atoms with Gasteiger partial charge in [-0.3, -0.25) is 5.10 Å². The molecule has 0 amide bonds. The predicted molar refractivity (Wildman–Crippen MR) is 68.7 cm³/mol.